The van der Waals surface area contributed by atoms with Crippen LogP contribution in [0, 0.1) is 0 Å². The Bertz CT molecular complexity index is 562. The van der Waals surface area contributed by atoms with E-state index in [9.17, 15) is 9.59 Å². The van der Waals surface area contributed by atoms with Crippen LogP contribution in [0.25, 0.3) is 0 Å². The lowest BCUT2D eigenvalue weighted by molar-refractivity contribution is -0.112. The molecule has 1 amide bonds. The minimum absolute atomic E-state index is 0.355. The topological polar surface area (TPSA) is 49.4 Å². The summed E-state index contributed by atoms with van der Waals surface area (Å²) in [5.41, 5.74) is 1.74. The second-order valence-corrected chi connectivity index (χ2v) is 6.08. The monoisotopic (exact) mass is 312 g/mol. The molecule has 1 aliphatic heterocycles. The lowest BCUT2D eigenvalue weighted by Gasteiger charge is -2.30. The number of nitrogens with one attached hydrogen (secondary N) is 1. The molecule has 108 valence electrons. The van der Waals surface area contributed by atoms with Gasteiger partial charge in [-0.2, -0.15) is 11.8 Å². The van der Waals surface area contributed by atoms with Crippen molar-refractivity contribution in [3.8, 4) is 0 Å². The van der Waals surface area contributed by atoms with Gasteiger partial charge in [0.15, 0.2) is 0 Å². The van der Waals surface area contributed by atoms with E-state index in [0.29, 0.717) is 22.3 Å². The summed E-state index contributed by atoms with van der Waals surface area (Å²) in [6, 6.07) is 3.71. The molecule has 2 rings (SSSR count). The maximum atomic E-state index is 11.6. The van der Waals surface area contributed by atoms with E-state index in [1.165, 1.54) is 0 Å². The average Bonchev–Trinajstić information content (AvgIpc) is 2.70. The summed E-state index contributed by atoms with van der Waals surface area (Å²) in [6.45, 7) is 2.13. The molecule has 1 aliphatic rings. The lowest BCUT2D eigenvalue weighted by Crippen LogP contribution is -2.33. The third-order valence-electron chi connectivity index (χ3n) is 3.54. The molecule has 0 aromatic heterocycles. The van der Waals surface area contributed by atoms with Gasteiger partial charge in [0.2, 0.25) is 0 Å². The molecule has 0 bridgehead atoms. The van der Waals surface area contributed by atoms with Gasteiger partial charge in [0, 0.05) is 18.8 Å². The Labute approximate surface area is 127 Å². The van der Waals surface area contributed by atoms with Crippen LogP contribution >= 0.6 is 23.4 Å². The minimum Gasteiger partial charge on any atom is -0.370 e. The molecule has 6 heteroatoms. The molecule has 4 nitrogen and oxygen atoms in total. The molecule has 0 spiro atoms. The second-order valence-electron chi connectivity index (χ2n) is 4.76. The smallest absolute Gasteiger partial charge is 0.296 e. The number of rotatable bonds is 5. The van der Waals surface area contributed by atoms with Crippen molar-refractivity contribution in [2.75, 3.05) is 29.3 Å². The number of ketones is 1. The van der Waals surface area contributed by atoms with Crippen molar-refractivity contribution in [1.82, 2.24) is 0 Å². The van der Waals surface area contributed by atoms with Crippen molar-refractivity contribution < 1.29 is 9.59 Å². The van der Waals surface area contributed by atoms with Gasteiger partial charge in [-0.1, -0.05) is 18.5 Å². The van der Waals surface area contributed by atoms with E-state index in [0.717, 1.165) is 17.9 Å². The van der Waals surface area contributed by atoms with E-state index in [1.807, 2.05) is 7.05 Å². The average molecular weight is 313 g/mol. The lowest BCUT2D eigenvalue weighted by atomic mass is 10.1. The highest BCUT2D eigenvalue weighted by atomic mass is 35.5. The number of halogens is 1. The highest BCUT2D eigenvalue weighted by molar-refractivity contribution is 7.98. The maximum Gasteiger partial charge on any atom is 0.296 e. The predicted molar refractivity (Wildman–Crippen MR) is 85.3 cm³/mol. The molecular formula is C14H17ClN2O2S. The van der Waals surface area contributed by atoms with Crippen LogP contribution < -0.4 is 10.2 Å². The molecular weight excluding hydrogens is 296 g/mol. The normalized spacial score (nSPS) is 15.0. The van der Waals surface area contributed by atoms with Crippen molar-refractivity contribution in [2.24, 2.45) is 0 Å². The van der Waals surface area contributed by atoms with Gasteiger partial charge in [-0.15, -0.1) is 0 Å². The van der Waals surface area contributed by atoms with Crippen molar-refractivity contribution in [3.05, 3.63) is 22.7 Å². The minimum atomic E-state index is -0.591. The van der Waals surface area contributed by atoms with Gasteiger partial charge in [-0.05, 0) is 24.8 Å². The Hall–Kier alpha value is -1.20. The number of carbonyl (C=O) groups is 2. The van der Waals surface area contributed by atoms with Gasteiger partial charge < -0.3 is 10.2 Å². The molecule has 20 heavy (non-hydrogen) atoms. The summed E-state index contributed by atoms with van der Waals surface area (Å²) in [5.74, 6) is -0.120. The number of hydrogen-bond donors (Lipinski definition) is 1. The molecule has 0 radical (unpaired) electrons. The standard InChI is InChI=1S/C14H17ClN2O2S/c1-4-8(7-20-3)17(2)12-6-11-9(5-10(12)15)13(18)14(19)16-11/h5-6,8H,4,7H2,1-3H3,(H,16,18,19). The number of fused-ring (bicyclic) bond motifs is 1. The number of thioether (sulfide) groups is 1. The van der Waals surface area contributed by atoms with Gasteiger partial charge in [0.1, 0.15) is 0 Å². The van der Waals surface area contributed by atoms with Gasteiger partial charge in [0.25, 0.3) is 11.7 Å². The zero-order valence-corrected chi connectivity index (χ0v) is 13.3. The molecule has 1 heterocycles. The highest BCUT2D eigenvalue weighted by Gasteiger charge is 2.30. The van der Waals surface area contributed by atoms with Crippen molar-refractivity contribution in [2.45, 2.75) is 19.4 Å². The van der Waals surface area contributed by atoms with Crippen LogP contribution in [0.2, 0.25) is 5.02 Å². The summed E-state index contributed by atoms with van der Waals surface area (Å²) in [5, 5.41) is 3.08. The van der Waals surface area contributed by atoms with E-state index >= 15 is 0 Å². The zero-order valence-electron chi connectivity index (χ0n) is 11.7. The summed E-state index contributed by atoms with van der Waals surface area (Å²) in [7, 11) is 1.98. The number of benzene rings is 1. The molecule has 1 atom stereocenters. The largest absolute Gasteiger partial charge is 0.370 e. The first kappa shape index (κ1) is 15.2. The highest BCUT2D eigenvalue weighted by Crippen LogP contribution is 2.35. The Balaban J connectivity index is 2.37. The fraction of sp³-hybridized carbons (Fsp3) is 0.429. The fourth-order valence-electron chi connectivity index (χ4n) is 2.32. The van der Waals surface area contributed by atoms with Gasteiger partial charge >= 0.3 is 0 Å². The molecule has 0 saturated heterocycles. The quantitative estimate of drug-likeness (QED) is 0.849. The molecule has 1 unspecified atom stereocenters. The number of nitrogens with zero attached hydrogens (tertiary/aromatic N) is 1. The van der Waals surface area contributed by atoms with Crippen LogP contribution in [-0.2, 0) is 4.79 Å². The number of carbonyl (C=O) groups excluding carboxylic acids is 2. The summed E-state index contributed by atoms with van der Waals surface area (Å²) in [6.07, 6.45) is 3.07. The van der Waals surface area contributed by atoms with E-state index in [-0.39, 0.29) is 0 Å². The Kier molecular flexibility index (Phi) is 4.60. The van der Waals surface area contributed by atoms with E-state index in [1.54, 1.807) is 23.9 Å². The SMILES string of the molecule is CCC(CSC)N(C)c1cc2c(cc1Cl)C(=O)C(=O)N2. The molecule has 0 saturated carbocycles. The van der Waals surface area contributed by atoms with E-state index in [2.05, 4.69) is 23.4 Å². The first-order chi connectivity index (χ1) is 9.49. The summed E-state index contributed by atoms with van der Waals surface area (Å²) < 4.78 is 0. The van der Waals surface area contributed by atoms with Crippen LogP contribution in [0.4, 0.5) is 11.4 Å². The number of amides is 1. The van der Waals surface area contributed by atoms with Crippen LogP contribution in [-0.4, -0.2) is 36.8 Å². The Morgan fingerprint density at radius 1 is 1.40 bits per heavy atom. The van der Waals surface area contributed by atoms with Crippen LogP contribution in [0.3, 0.4) is 0 Å². The van der Waals surface area contributed by atoms with Crippen molar-refractivity contribution in [1.29, 1.82) is 0 Å². The second kappa shape index (κ2) is 6.06. The fourth-order valence-corrected chi connectivity index (χ4v) is 3.46. The number of Topliss-reactive ketones (excluding diaryl/α,β-unsaturated/α-hetero) is 1. The van der Waals surface area contributed by atoms with Gasteiger partial charge in [0.05, 0.1) is 22.0 Å². The maximum absolute atomic E-state index is 11.6. The third-order valence-corrected chi connectivity index (χ3v) is 4.56. The van der Waals surface area contributed by atoms with E-state index in [4.69, 9.17) is 11.6 Å². The Morgan fingerprint density at radius 2 is 2.10 bits per heavy atom. The summed E-state index contributed by atoms with van der Waals surface area (Å²) in [4.78, 5) is 25.1. The van der Waals surface area contributed by atoms with Crippen LogP contribution in [0.15, 0.2) is 12.1 Å². The van der Waals surface area contributed by atoms with Gasteiger partial charge in [-0.25, -0.2) is 0 Å². The third kappa shape index (κ3) is 2.65. The molecule has 1 aromatic rings. The van der Waals surface area contributed by atoms with E-state index < -0.39 is 11.7 Å². The molecule has 0 fully saturated rings. The predicted octanol–water partition coefficient (Wildman–Crippen LogP) is 3.05. The summed E-state index contributed by atoms with van der Waals surface area (Å²) >= 11 is 8.06. The molecule has 1 N–H and O–H groups in total. The molecule has 1 aromatic carbocycles. The first-order valence-corrected chi connectivity index (χ1v) is 8.17. The van der Waals surface area contributed by atoms with Crippen LogP contribution in [0.5, 0.6) is 0 Å². The van der Waals surface area contributed by atoms with Crippen molar-refractivity contribution in [3.63, 3.8) is 0 Å². The van der Waals surface area contributed by atoms with Crippen LogP contribution in [0.1, 0.15) is 23.7 Å². The Morgan fingerprint density at radius 3 is 2.70 bits per heavy atom. The zero-order chi connectivity index (χ0) is 14.9. The molecule has 0 aliphatic carbocycles. The number of anilines is 2. The first-order valence-electron chi connectivity index (χ1n) is 6.40. The van der Waals surface area contributed by atoms with Crippen molar-refractivity contribution >= 4 is 46.4 Å². The number of hydrogen-bond acceptors (Lipinski definition) is 4. The van der Waals surface area contributed by atoms with Gasteiger partial charge in [-0.3, -0.25) is 9.59 Å².